The summed E-state index contributed by atoms with van der Waals surface area (Å²) >= 11 is 0. The van der Waals surface area contributed by atoms with Gasteiger partial charge in [-0.05, 0) is 83.3 Å². The van der Waals surface area contributed by atoms with E-state index in [1.165, 1.54) is 29.7 Å². The quantitative estimate of drug-likeness (QED) is 0.773. The maximum atomic E-state index is 6.28. The molecule has 2 aliphatic heterocycles. The van der Waals surface area contributed by atoms with Gasteiger partial charge in [0.2, 0.25) is 0 Å². The molecule has 4 aliphatic rings. The van der Waals surface area contributed by atoms with Crippen LogP contribution in [0.2, 0.25) is 0 Å². The summed E-state index contributed by atoms with van der Waals surface area (Å²) in [5.74, 6) is 1.93. The molecule has 2 aromatic rings. The topological polar surface area (TPSA) is 59.2 Å². The number of imidazole rings is 1. The molecule has 2 saturated heterocycles. The molecule has 2 N–H and O–H groups in total. The molecule has 2 atom stereocenters. The first kappa shape index (κ1) is 18.2. The van der Waals surface area contributed by atoms with E-state index in [4.69, 9.17) is 14.3 Å². The summed E-state index contributed by atoms with van der Waals surface area (Å²) in [6.45, 7) is 9.54. The van der Waals surface area contributed by atoms with Crippen LogP contribution in [0.25, 0.3) is 11.3 Å². The summed E-state index contributed by atoms with van der Waals surface area (Å²) in [5, 5.41) is 3.71. The minimum absolute atomic E-state index is 0.134. The molecule has 1 aromatic heterocycles. The second-order valence-electron chi connectivity index (χ2n) is 10.4. The van der Waals surface area contributed by atoms with Crippen molar-refractivity contribution < 1.29 is 9.31 Å². The van der Waals surface area contributed by atoms with Gasteiger partial charge in [0.25, 0.3) is 0 Å². The van der Waals surface area contributed by atoms with Crippen LogP contribution in [0.3, 0.4) is 0 Å². The average Bonchev–Trinajstić information content (AvgIpc) is 2.94. The summed E-state index contributed by atoms with van der Waals surface area (Å²) in [6.07, 6.45) is 5.77. The van der Waals surface area contributed by atoms with E-state index in [9.17, 15) is 0 Å². The minimum atomic E-state index is -0.316. The molecule has 0 radical (unpaired) electrons. The fourth-order valence-electron chi connectivity index (χ4n) is 5.40. The third kappa shape index (κ3) is 2.55. The number of aryl methyl sites for hydroxylation is 2. The molecule has 2 unspecified atom stereocenters. The number of nitrogens with one attached hydrogen (secondary N) is 2. The molecule has 2 aliphatic carbocycles. The highest BCUT2D eigenvalue weighted by atomic mass is 16.7. The zero-order valence-corrected chi connectivity index (χ0v) is 17.9. The molecule has 152 valence electrons. The van der Waals surface area contributed by atoms with Crippen molar-refractivity contribution in [3.8, 4) is 11.3 Å². The van der Waals surface area contributed by atoms with E-state index in [1.54, 1.807) is 0 Å². The Morgan fingerprint density at radius 2 is 1.90 bits per heavy atom. The van der Waals surface area contributed by atoms with Crippen LogP contribution in [-0.4, -0.2) is 34.8 Å². The number of hydrogen-bond donors (Lipinski definition) is 2. The molecular formula is C23H30BN3O2. The van der Waals surface area contributed by atoms with Gasteiger partial charge < -0.3 is 19.6 Å². The molecule has 1 aromatic carbocycles. The molecular weight excluding hydrogens is 361 g/mol. The maximum absolute atomic E-state index is 6.28. The van der Waals surface area contributed by atoms with Crippen LogP contribution < -0.4 is 10.8 Å². The molecule has 5 nitrogen and oxygen atoms in total. The van der Waals surface area contributed by atoms with E-state index in [1.807, 2.05) is 0 Å². The smallest absolute Gasteiger partial charge is 0.399 e. The van der Waals surface area contributed by atoms with Crippen molar-refractivity contribution in [3.05, 3.63) is 35.3 Å². The maximum Gasteiger partial charge on any atom is 0.494 e. The van der Waals surface area contributed by atoms with Gasteiger partial charge in [0, 0.05) is 11.3 Å². The predicted octanol–water partition coefficient (Wildman–Crippen LogP) is 3.07. The van der Waals surface area contributed by atoms with Crippen molar-refractivity contribution in [1.82, 2.24) is 15.3 Å². The number of rotatable bonds is 2. The molecule has 0 amide bonds. The van der Waals surface area contributed by atoms with Crippen LogP contribution in [-0.2, 0) is 27.7 Å². The first-order chi connectivity index (χ1) is 13.8. The van der Waals surface area contributed by atoms with E-state index in [0.717, 1.165) is 48.7 Å². The highest BCUT2D eigenvalue weighted by Gasteiger charge is 2.60. The van der Waals surface area contributed by atoms with Gasteiger partial charge in [0.15, 0.2) is 0 Å². The molecule has 3 fully saturated rings. The van der Waals surface area contributed by atoms with Gasteiger partial charge in [-0.2, -0.15) is 0 Å². The Labute approximate surface area is 173 Å². The summed E-state index contributed by atoms with van der Waals surface area (Å²) in [4.78, 5) is 8.85. The lowest BCUT2D eigenvalue weighted by Crippen LogP contribution is -2.41. The molecule has 0 spiro atoms. The number of benzene rings is 1. The Morgan fingerprint density at radius 3 is 2.59 bits per heavy atom. The Bertz CT molecular complexity index is 982. The second kappa shape index (κ2) is 5.74. The van der Waals surface area contributed by atoms with E-state index >= 15 is 0 Å². The SMILES string of the molecule is CC1(C)OB(c2ccc3c(c2)CCCc2[nH]c(C45CC4CCN5)nc2-3)OC1(C)C. The number of hydrogen-bond acceptors (Lipinski definition) is 4. The fourth-order valence-corrected chi connectivity index (χ4v) is 5.40. The van der Waals surface area contributed by atoms with Gasteiger partial charge in [-0.1, -0.05) is 18.2 Å². The second-order valence-corrected chi connectivity index (χ2v) is 10.4. The Morgan fingerprint density at radius 1 is 1.10 bits per heavy atom. The Balaban J connectivity index is 1.36. The first-order valence-electron chi connectivity index (χ1n) is 11.1. The van der Waals surface area contributed by atoms with E-state index in [0.29, 0.717) is 0 Å². The normalized spacial score (nSPS) is 31.2. The van der Waals surface area contributed by atoms with Gasteiger partial charge in [-0.15, -0.1) is 0 Å². The lowest BCUT2D eigenvalue weighted by Gasteiger charge is -2.32. The largest absolute Gasteiger partial charge is 0.494 e. The van der Waals surface area contributed by atoms with Gasteiger partial charge in [0.05, 0.1) is 22.4 Å². The van der Waals surface area contributed by atoms with Crippen LogP contribution >= 0.6 is 0 Å². The predicted molar refractivity (Wildman–Crippen MR) is 114 cm³/mol. The highest BCUT2D eigenvalue weighted by molar-refractivity contribution is 6.62. The highest BCUT2D eigenvalue weighted by Crippen LogP contribution is 2.56. The molecule has 29 heavy (non-hydrogen) atoms. The number of H-pyrrole nitrogens is 1. The van der Waals surface area contributed by atoms with Gasteiger partial charge in [0.1, 0.15) is 5.82 Å². The van der Waals surface area contributed by atoms with Crippen LogP contribution in [0.5, 0.6) is 0 Å². The van der Waals surface area contributed by atoms with Crippen LogP contribution in [0.4, 0.5) is 0 Å². The Hall–Kier alpha value is -1.63. The molecule has 6 heteroatoms. The van der Waals surface area contributed by atoms with Crippen molar-refractivity contribution in [1.29, 1.82) is 0 Å². The zero-order valence-electron chi connectivity index (χ0n) is 17.9. The van der Waals surface area contributed by atoms with Crippen molar-refractivity contribution in [2.45, 2.75) is 76.5 Å². The van der Waals surface area contributed by atoms with Crippen LogP contribution in [0, 0.1) is 5.92 Å². The minimum Gasteiger partial charge on any atom is -0.399 e. The van der Waals surface area contributed by atoms with E-state index in [2.05, 4.69) is 56.2 Å². The molecule has 0 bridgehead atoms. The van der Waals surface area contributed by atoms with Crippen molar-refractivity contribution >= 4 is 12.6 Å². The number of fused-ring (bicyclic) bond motifs is 4. The molecule has 1 saturated carbocycles. The third-order valence-corrected chi connectivity index (χ3v) is 8.02. The summed E-state index contributed by atoms with van der Waals surface area (Å²) in [6, 6.07) is 6.68. The standard InChI is InChI=1S/C23H30BN3O2/c1-21(2)22(3,4)29-24(28-21)16-8-9-17-14(12-16)6-5-7-18-19(17)27-20(26-18)23-13-15(23)10-11-25-23/h8-9,12,15,25H,5-7,10-11,13H2,1-4H3,(H,26,27). The van der Waals surface area contributed by atoms with E-state index in [-0.39, 0.29) is 23.9 Å². The van der Waals surface area contributed by atoms with Gasteiger partial charge >= 0.3 is 7.12 Å². The Kier molecular flexibility index (Phi) is 3.60. The monoisotopic (exact) mass is 391 g/mol. The van der Waals surface area contributed by atoms with Crippen molar-refractivity contribution in [2.75, 3.05) is 6.54 Å². The van der Waals surface area contributed by atoms with Gasteiger partial charge in [-0.25, -0.2) is 4.98 Å². The van der Waals surface area contributed by atoms with Gasteiger partial charge in [-0.3, -0.25) is 0 Å². The molecule has 6 rings (SSSR count). The summed E-state index contributed by atoms with van der Waals surface area (Å²) < 4.78 is 12.6. The number of nitrogens with zero attached hydrogens (tertiary/aromatic N) is 1. The molecule has 3 heterocycles. The summed E-state index contributed by atoms with van der Waals surface area (Å²) in [7, 11) is -0.309. The number of piperidine rings is 1. The van der Waals surface area contributed by atoms with E-state index < -0.39 is 0 Å². The summed E-state index contributed by atoms with van der Waals surface area (Å²) in [5.41, 5.74) is 5.70. The lowest BCUT2D eigenvalue weighted by molar-refractivity contribution is 0.00578. The van der Waals surface area contributed by atoms with Crippen LogP contribution in [0.15, 0.2) is 18.2 Å². The van der Waals surface area contributed by atoms with Crippen LogP contribution in [0.1, 0.15) is 64.0 Å². The zero-order chi connectivity index (χ0) is 20.0. The first-order valence-corrected chi connectivity index (χ1v) is 11.1. The van der Waals surface area contributed by atoms with Crippen molar-refractivity contribution in [3.63, 3.8) is 0 Å². The van der Waals surface area contributed by atoms with Crippen molar-refractivity contribution in [2.24, 2.45) is 5.92 Å². The average molecular weight is 391 g/mol. The number of aromatic amines is 1. The third-order valence-electron chi connectivity index (χ3n) is 8.02. The number of aromatic nitrogens is 2. The fraction of sp³-hybridized carbons (Fsp3) is 0.609. The lowest BCUT2D eigenvalue weighted by atomic mass is 9.77.